The van der Waals surface area contributed by atoms with E-state index in [4.69, 9.17) is 0 Å². The molecular weight excluding hydrogens is 162 g/mol. The second-order valence-corrected chi connectivity index (χ2v) is 1.78. The van der Waals surface area contributed by atoms with E-state index in [0.29, 0.717) is 12.3 Å². The van der Waals surface area contributed by atoms with Gasteiger partial charge in [-0.3, -0.25) is 4.98 Å². The Labute approximate surface area is 59.7 Å². The number of aromatic nitrogens is 1. The summed E-state index contributed by atoms with van der Waals surface area (Å²) >= 11 is 0. The minimum atomic E-state index is -4.59. The average Bonchev–Trinajstić information content (AvgIpc) is 1.86. The molecule has 5 heteroatoms. The molecule has 1 nitrogen and oxygen atoms in total. The van der Waals surface area contributed by atoms with Crippen LogP contribution in [0.5, 0.6) is 0 Å². The van der Waals surface area contributed by atoms with Crippen molar-refractivity contribution < 1.29 is 17.6 Å². The first kappa shape index (κ1) is 7.97. The SMILES string of the molecule is Fc1[c]cnc(C(F)(F)F)c1. The van der Waals surface area contributed by atoms with Gasteiger partial charge in [-0.1, -0.05) is 0 Å². The number of hydrogen-bond acceptors (Lipinski definition) is 1. The Hall–Kier alpha value is -1.13. The first-order valence-corrected chi connectivity index (χ1v) is 2.60. The van der Waals surface area contributed by atoms with Crippen molar-refractivity contribution in [2.45, 2.75) is 6.18 Å². The molecular formula is C6H2F4N. The summed E-state index contributed by atoms with van der Waals surface area (Å²) in [6.45, 7) is 0. The van der Waals surface area contributed by atoms with Crippen molar-refractivity contribution >= 4 is 0 Å². The molecule has 0 N–H and O–H groups in total. The summed E-state index contributed by atoms with van der Waals surface area (Å²) in [4.78, 5) is 2.89. The first-order chi connectivity index (χ1) is 5.00. The van der Waals surface area contributed by atoms with Gasteiger partial charge in [-0.25, -0.2) is 4.39 Å². The minimum absolute atomic E-state index is 0.292. The molecule has 1 heterocycles. The molecule has 1 aromatic rings. The topological polar surface area (TPSA) is 12.9 Å². The fourth-order valence-electron chi connectivity index (χ4n) is 0.517. The molecule has 0 saturated heterocycles. The van der Waals surface area contributed by atoms with E-state index in [1.165, 1.54) is 0 Å². The highest BCUT2D eigenvalue weighted by Crippen LogP contribution is 2.27. The normalized spacial score (nSPS) is 11.6. The minimum Gasteiger partial charge on any atom is -0.251 e. The molecule has 11 heavy (non-hydrogen) atoms. The van der Waals surface area contributed by atoms with E-state index in [0.717, 1.165) is 0 Å². The van der Waals surface area contributed by atoms with Crippen LogP contribution in [-0.2, 0) is 6.18 Å². The summed E-state index contributed by atoms with van der Waals surface area (Å²) in [7, 11) is 0. The number of rotatable bonds is 0. The zero-order valence-corrected chi connectivity index (χ0v) is 5.11. The standard InChI is InChI=1S/C6H2F4N/c7-4-1-2-11-5(3-4)6(8,9)10/h2-3H. The van der Waals surface area contributed by atoms with Crippen LogP contribution < -0.4 is 0 Å². The third kappa shape index (κ3) is 1.89. The highest BCUT2D eigenvalue weighted by molar-refractivity contribution is 5.07. The molecule has 1 aromatic heterocycles. The molecule has 0 aromatic carbocycles. The van der Waals surface area contributed by atoms with Crippen LogP contribution in [0.4, 0.5) is 17.6 Å². The number of pyridine rings is 1. The van der Waals surface area contributed by atoms with Crippen molar-refractivity contribution in [1.29, 1.82) is 0 Å². The van der Waals surface area contributed by atoms with E-state index in [1.54, 1.807) is 0 Å². The molecule has 0 aliphatic rings. The van der Waals surface area contributed by atoms with Crippen LogP contribution in [0.2, 0.25) is 0 Å². The van der Waals surface area contributed by atoms with E-state index < -0.39 is 17.7 Å². The molecule has 0 amide bonds. The van der Waals surface area contributed by atoms with Crippen LogP contribution >= 0.6 is 0 Å². The van der Waals surface area contributed by atoms with Crippen molar-refractivity contribution in [3.05, 3.63) is 29.8 Å². The lowest BCUT2D eigenvalue weighted by Gasteiger charge is -2.03. The van der Waals surface area contributed by atoms with Gasteiger partial charge in [-0.15, -0.1) is 0 Å². The van der Waals surface area contributed by atoms with E-state index in [-0.39, 0.29) is 0 Å². The van der Waals surface area contributed by atoms with Crippen molar-refractivity contribution in [3.63, 3.8) is 0 Å². The maximum Gasteiger partial charge on any atom is 0.433 e. The Kier molecular flexibility index (Phi) is 1.80. The van der Waals surface area contributed by atoms with E-state index in [1.807, 2.05) is 6.07 Å². The molecule has 1 radical (unpaired) electrons. The van der Waals surface area contributed by atoms with E-state index in [9.17, 15) is 17.6 Å². The van der Waals surface area contributed by atoms with Gasteiger partial charge in [0, 0.05) is 18.3 Å². The van der Waals surface area contributed by atoms with Crippen LogP contribution in [0.1, 0.15) is 5.69 Å². The van der Waals surface area contributed by atoms with Crippen LogP contribution in [0.25, 0.3) is 0 Å². The Morgan fingerprint density at radius 1 is 1.36 bits per heavy atom. The van der Waals surface area contributed by atoms with Gasteiger partial charge in [0.05, 0.1) is 0 Å². The largest absolute Gasteiger partial charge is 0.433 e. The first-order valence-electron chi connectivity index (χ1n) is 2.60. The summed E-state index contributed by atoms with van der Waals surface area (Å²) < 4.78 is 47.3. The number of alkyl halides is 3. The molecule has 0 atom stereocenters. The van der Waals surface area contributed by atoms with Crippen molar-refractivity contribution in [2.24, 2.45) is 0 Å². The molecule has 0 aliphatic carbocycles. The Morgan fingerprint density at radius 2 is 2.00 bits per heavy atom. The van der Waals surface area contributed by atoms with E-state index >= 15 is 0 Å². The average molecular weight is 164 g/mol. The maximum absolute atomic E-state index is 12.1. The van der Waals surface area contributed by atoms with Gasteiger partial charge in [0.2, 0.25) is 0 Å². The smallest absolute Gasteiger partial charge is 0.251 e. The predicted octanol–water partition coefficient (Wildman–Crippen LogP) is 2.04. The zero-order valence-electron chi connectivity index (χ0n) is 5.11. The molecule has 1 rings (SSSR count). The van der Waals surface area contributed by atoms with Gasteiger partial charge in [0.1, 0.15) is 11.5 Å². The molecule has 0 spiro atoms. The van der Waals surface area contributed by atoms with Gasteiger partial charge < -0.3 is 0 Å². The van der Waals surface area contributed by atoms with Crippen molar-refractivity contribution in [1.82, 2.24) is 4.98 Å². The lowest BCUT2D eigenvalue weighted by Crippen LogP contribution is -2.07. The van der Waals surface area contributed by atoms with Crippen molar-refractivity contribution in [3.8, 4) is 0 Å². The highest BCUT2D eigenvalue weighted by atomic mass is 19.4. The summed E-state index contributed by atoms with van der Waals surface area (Å²) in [5, 5.41) is 0. The predicted molar refractivity (Wildman–Crippen MR) is 28.0 cm³/mol. The van der Waals surface area contributed by atoms with Crippen LogP contribution in [-0.4, -0.2) is 4.98 Å². The summed E-state index contributed by atoms with van der Waals surface area (Å²) in [6, 6.07) is 2.16. The van der Waals surface area contributed by atoms with E-state index in [2.05, 4.69) is 4.98 Å². The Balaban J connectivity index is 3.06. The molecule has 0 fully saturated rings. The summed E-state index contributed by atoms with van der Waals surface area (Å²) in [6.07, 6.45) is -3.94. The third-order valence-electron chi connectivity index (χ3n) is 0.960. The summed E-state index contributed by atoms with van der Waals surface area (Å²) in [5.41, 5.74) is -1.24. The molecule has 0 bridgehead atoms. The maximum atomic E-state index is 12.1. The lowest BCUT2D eigenvalue weighted by atomic mass is 10.3. The van der Waals surface area contributed by atoms with Crippen molar-refractivity contribution in [2.75, 3.05) is 0 Å². The fourth-order valence-corrected chi connectivity index (χ4v) is 0.517. The quantitative estimate of drug-likeness (QED) is 0.534. The van der Waals surface area contributed by atoms with Crippen LogP contribution in [0, 0.1) is 11.9 Å². The monoisotopic (exact) mass is 164 g/mol. The highest BCUT2D eigenvalue weighted by Gasteiger charge is 2.32. The number of halogens is 4. The summed E-state index contributed by atoms with van der Waals surface area (Å²) in [5.74, 6) is -1.06. The van der Waals surface area contributed by atoms with Gasteiger partial charge in [-0.05, 0) is 0 Å². The second-order valence-electron chi connectivity index (χ2n) is 1.78. The Morgan fingerprint density at radius 3 is 2.36 bits per heavy atom. The van der Waals surface area contributed by atoms with Gasteiger partial charge in [-0.2, -0.15) is 13.2 Å². The zero-order chi connectivity index (χ0) is 8.48. The fraction of sp³-hybridized carbons (Fsp3) is 0.167. The number of nitrogens with zero attached hydrogens (tertiary/aromatic N) is 1. The molecule has 0 unspecified atom stereocenters. The van der Waals surface area contributed by atoms with Gasteiger partial charge in [0.15, 0.2) is 0 Å². The van der Waals surface area contributed by atoms with Crippen LogP contribution in [0.15, 0.2) is 12.3 Å². The lowest BCUT2D eigenvalue weighted by molar-refractivity contribution is -0.141. The Bertz CT molecular complexity index is 255. The van der Waals surface area contributed by atoms with Gasteiger partial charge in [0.25, 0.3) is 0 Å². The molecule has 0 saturated carbocycles. The molecule has 59 valence electrons. The van der Waals surface area contributed by atoms with Crippen LogP contribution in [0.3, 0.4) is 0 Å². The third-order valence-corrected chi connectivity index (χ3v) is 0.960. The van der Waals surface area contributed by atoms with Gasteiger partial charge >= 0.3 is 6.18 Å². The second kappa shape index (κ2) is 2.48. The molecule has 0 aliphatic heterocycles. The number of hydrogen-bond donors (Lipinski definition) is 0.